The predicted molar refractivity (Wildman–Crippen MR) is 112 cm³/mol. The Morgan fingerprint density at radius 2 is 1.89 bits per heavy atom. The lowest BCUT2D eigenvalue weighted by Crippen LogP contribution is -2.36. The van der Waals surface area contributed by atoms with Crippen LogP contribution in [0.5, 0.6) is 11.5 Å². The molecule has 1 aliphatic heterocycles. The van der Waals surface area contributed by atoms with Crippen LogP contribution in [0.1, 0.15) is 30.5 Å². The van der Waals surface area contributed by atoms with Gasteiger partial charge in [-0.25, -0.2) is 0 Å². The number of nitrogens with zero attached hydrogens (tertiary/aromatic N) is 2. The average Bonchev–Trinajstić information content (AvgIpc) is 3.09. The number of benzene rings is 2. The van der Waals surface area contributed by atoms with E-state index in [1.54, 1.807) is 14.2 Å². The Balaban J connectivity index is 1.65. The second kappa shape index (κ2) is 6.67. The van der Waals surface area contributed by atoms with Gasteiger partial charge in [0.05, 0.1) is 25.4 Å². The summed E-state index contributed by atoms with van der Waals surface area (Å²) in [5, 5.41) is 1.02. The molecule has 2 aliphatic rings. The quantitative estimate of drug-likeness (QED) is 0.734. The van der Waals surface area contributed by atoms with Gasteiger partial charge >= 0.3 is 0 Å². The Hall–Kier alpha value is -2.79. The van der Waals surface area contributed by atoms with E-state index in [4.69, 9.17) is 20.2 Å². The fraction of sp³-hybridized carbons (Fsp3) is 0.348. The first-order valence-corrected chi connectivity index (χ1v) is 9.86. The van der Waals surface area contributed by atoms with E-state index in [2.05, 4.69) is 17.0 Å². The molecular weight excluding hydrogens is 350 g/mol. The third-order valence-corrected chi connectivity index (χ3v) is 6.25. The number of methoxy groups -OCH3 is 2. The summed E-state index contributed by atoms with van der Waals surface area (Å²) in [5.41, 5.74) is 12.8. The summed E-state index contributed by atoms with van der Waals surface area (Å²) in [7, 11) is 3.34. The van der Waals surface area contributed by atoms with E-state index in [-0.39, 0.29) is 0 Å². The van der Waals surface area contributed by atoms with E-state index >= 15 is 0 Å². The van der Waals surface area contributed by atoms with Crippen molar-refractivity contribution in [1.82, 2.24) is 9.88 Å². The molecule has 28 heavy (non-hydrogen) atoms. The first-order chi connectivity index (χ1) is 13.7. The molecule has 0 saturated heterocycles. The van der Waals surface area contributed by atoms with Gasteiger partial charge in [0, 0.05) is 53.0 Å². The summed E-state index contributed by atoms with van der Waals surface area (Å²) in [4.78, 5) is 7.63. The Labute approximate surface area is 165 Å². The van der Waals surface area contributed by atoms with Gasteiger partial charge in [0.25, 0.3) is 0 Å². The molecule has 3 aromatic rings. The molecule has 0 atom stereocenters. The highest BCUT2D eigenvalue weighted by atomic mass is 16.5. The molecule has 5 nitrogen and oxygen atoms in total. The molecule has 0 unspecified atom stereocenters. The summed E-state index contributed by atoms with van der Waals surface area (Å²) < 4.78 is 11.0. The SMILES string of the molecule is COc1ccc(-c2cccc3c(N)c4c(nc23)CN(C2CCC2)C4)c(OC)c1. The Kier molecular flexibility index (Phi) is 4.13. The molecule has 1 fully saturated rings. The fourth-order valence-corrected chi connectivity index (χ4v) is 4.41. The molecular formula is C23H25N3O2. The van der Waals surface area contributed by atoms with Crippen LogP contribution < -0.4 is 15.2 Å². The number of para-hydroxylation sites is 1. The molecule has 144 valence electrons. The van der Waals surface area contributed by atoms with E-state index in [0.29, 0.717) is 6.04 Å². The monoisotopic (exact) mass is 375 g/mol. The van der Waals surface area contributed by atoms with Crippen LogP contribution in [0.15, 0.2) is 36.4 Å². The zero-order valence-corrected chi connectivity index (χ0v) is 16.4. The molecule has 1 aliphatic carbocycles. The Morgan fingerprint density at radius 1 is 1.04 bits per heavy atom. The molecule has 2 N–H and O–H groups in total. The Bertz CT molecular complexity index is 1060. The summed E-state index contributed by atoms with van der Waals surface area (Å²) >= 11 is 0. The van der Waals surface area contributed by atoms with E-state index in [0.717, 1.165) is 58.0 Å². The van der Waals surface area contributed by atoms with Gasteiger partial charge in [0.1, 0.15) is 11.5 Å². The maximum Gasteiger partial charge on any atom is 0.130 e. The van der Waals surface area contributed by atoms with Crippen LogP contribution >= 0.6 is 0 Å². The third-order valence-electron chi connectivity index (χ3n) is 6.25. The summed E-state index contributed by atoms with van der Waals surface area (Å²) in [5.74, 6) is 1.54. The number of anilines is 1. The molecule has 1 saturated carbocycles. The van der Waals surface area contributed by atoms with Gasteiger partial charge in [0.2, 0.25) is 0 Å². The number of aromatic nitrogens is 1. The number of hydrogen-bond acceptors (Lipinski definition) is 5. The first kappa shape index (κ1) is 17.3. The first-order valence-electron chi connectivity index (χ1n) is 9.86. The van der Waals surface area contributed by atoms with E-state index in [9.17, 15) is 0 Å². The van der Waals surface area contributed by atoms with Crippen LogP contribution in [0.25, 0.3) is 22.0 Å². The highest BCUT2D eigenvalue weighted by molar-refractivity contribution is 6.02. The van der Waals surface area contributed by atoms with Crippen molar-refractivity contribution in [2.45, 2.75) is 38.4 Å². The van der Waals surface area contributed by atoms with Crippen molar-refractivity contribution in [2.24, 2.45) is 0 Å². The van der Waals surface area contributed by atoms with Gasteiger partial charge in [-0.3, -0.25) is 9.88 Å². The summed E-state index contributed by atoms with van der Waals surface area (Å²) in [6.45, 7) is 1.82. The number of fused-ring (bicyclic) bond motifs is 2. The highest BCUT2D eigenvalue weighted by Crippen LogP contribution is 2.41. The van der Waals surface area contributed by atoms with E-state index < -0.39 is 0 Å². The van der Waals surface area contributed by atoms with Crippen LogP contribution in [-0.4, -0.2) is 30.1 Å². The largest absolute Gasteiger partial charge is 0.497 e. The zero-order valence-electron chi connectivity index (χ0n) is 16.4. The number of ether oxygens (including phenoxy) is 2. The standard InChI is InChI=1S/C23H25N3O2/c1-27-15-9-10-16(21(11-15)28-2)17-7-4-8-18-22(24)19-12-26(14-5-3-6-14)13-20(19)25-23(17)18/h4,7-11,14H,3,5-6,12-13H2,1-2H3,(H2,24,25). The van der Waals surface area contributed by atoms with Gasteiger partial charge in [0.15, 0.2) is 0 Å². The van der Waals surface area contributed by atoms with Crippen molar-refractivity contribution in [2.75, 3.05) is 20.0 Å². The number of rotatable bonds is 4. The van der Waals surface area contributed by atoms with Crippen LogP contribution in [-0.2, 0) is 13.1 Å². The lowest BCUT2D eigenvalue weighted by molar-refractivity contribution is 0.126. The maximum atomic E-state index is 6.64. The number of pyridine rings is 1. The van der Waals surface area contributed by atoms with E-state index in [1.807, 2.05) is 24.3 Å². The van der Waals surface area contributed by atoms with Gasteiger partial charge in [-0.2, -0.15) is 0 Å². The molecule has 0 bridgehead atoms. The minimum Gasteiger partial charge on any atom is -0.497 e. The number of hydrogen-bond donors (Lipinski definition) is 1. The molecule has 5 rings (SSSR count). The Morgan fingerprint density at radius 3 is 2.61 bits per heavy atom. The fourth-order valence-electron chi connectivity index (χ4n) is 4.41. The van der Waals surface area contributed by atoms with Crippen molar-refractivity contribution in [3.05, 3.63) is 47.7 Å². The molecule has 0 amide bonds. The van der Waals surface area contributed by atoms with Crippen molar-refractivity contribution in [3.8, 4) is 22.6 Å². The van der Waals surface area contributed by atoms with Crippen LogP contribution in [0.3, 0.4) is 0 Å². The van der Waals surface area contributed by atoms with Crippen molar-refractivity contribution >= 4 is 16.6 Å². The lowest BCUT2D eigenvalue weighted by Gasteiger charge is -2.34. The minimum atomic E-state index is 0.692. The van der Waals surface area contributed by atoms with Gasteiger partial charge < -0.3 is 15.2 Å². The topological polar surface area (TPSA) is 60.6 Å². The maximum absolute atomic E-state index is 6.64. The molecule has 2 aromatic carbocycles. The van der Waals surface area contributed by atoms with Crippen LogP contribution in [0.4, 0.5) is 5.69 Å². The number of nitrogen functional groups attached to an aromatic ring is 1. The van der Waals surface area contributed by atoms with E-state index in [1.165, 1.54) is 24.8 Å². The predicted octanol–water partition coefficient (Wildman–Crippen LogP) is 4.37. The smallest absolute Gasteiger partial charge is 0.130 e. The van der Waals surface area contributed by atoms with Crippen LogP contribution in [0, 0.1) is 0 Å². The van der Waals surface area contributed by atoms with Crippen molar-refractivity contribution < 1.29 is 9.47 Å². The molecule has 0 radical (unpaired) electrons. The van der Waals surface area contributed by atoms with Crippen molar-refractivity contribution in [1.29, 1.82) is 0 Å². The molecule has 1 aromatic heterocycles. The summed E-state index contributed by atoms with van der Waals surface area (Å²) in [6.07, 6.45) is 3.92. The average molecular weight is 375 g/mol. The molecule has 5 heteroatoms. The van der Waals surface area contributed by atoms with Gasteiger partial charge in [-0.1, -0.05) is 24.6 Å². The zero-order chi connectivity index (χ0) is 19.3. The van der Waals surface area contributed by atoms with Crippen molar-refractivity contribution in [3.63, 3.8) is 0 Å². The highest BCUT2D eigenvalue weighted by Gasteiger charge is 2.32. The lowest BCUT2D eigenvalue weighted by atomic mass is 9.92. The van der Waals surface area contributed by atoms with Gasteiger partial charge in [-0.15, -0.1) is 0 Å². The second-order valence-electron chi connectivity index (χ2n) is 7.71. The normalized spacial score (nSPS) is 16.8. The molecule has 2 heterocycles. The second-order valence-corrected chi connectivity index (χ2v) is 7.71. The number of nitrogens with two attached hydrogens (primary N) is 1. The minimum absolute atomic E-state index is 0.692. The third kappa shape index (κ3) is 2.61. The molecule has 0 spiro atoms. The summed E-state index contributed by atoms with van der Waals surface area (Å²) in [6, 6.07) is 12.8. The van der Waals surface area contributed by atoms with Gasteiger partial charge in [-0.05, 0) is 25.0 Å². The van der Waals surface area contributed by atoms with Crippen LogP contribution in [0.2, 0.25) is 0 Å².